The molecule has 24 heavy (non-hydrogen) atoms. The molecule has 0 fully saturated rings. The third-order valence-corrected chi connectivity index (χ3v) is 5.96. The molecule has 1 aromatic carbocycles. The number of nitrogens with zero attached hydrogens (tertiary/aromatic N) is 2. The van der Waals surface area contributed by atoms with Crippen LogP contribution in [0, 0.1) is 6.92 Å². The van der Waals surface area contributed by atoms with Gasteiger partial charge in [0, 0.05) is 31.7 Å². The minimum atomic E-state index is -3.58. The Morgan fingerprint density at radius 3 is 2.17 bits per heavy atom. The van der Waals surface area contributed by atoms with Crippen LogP contribution in [0.2, 0.25) is 0 Å². The van der Waals surface area contributed by atoms with Crippen molar-refractivity contribution in [2.24, 2.45) is 0 Å². The zero-order valence-electron chi connectivity index (χ0n) is 15.3. The molecule has 5 nitrogen and oxygen atoms in total. The van der Waals surface area contributed by atoms with E-state index in [0.717, 1.165) is 11.1 Å². The van der Waals surface area contributed by atoms with E-state index in [-0.39, 0.29) is 10.8 Å². The van der Waals surface area contributed by atoms with Crippen molar-refractivity contribution in [3.8, 4) is 0 Å². The van der Waals surface area contributed by atoms with Crippen molar-refractivity contribution in [3.05, 3.63) is 41.5 Å². The maximum Gasteiger partial charge on any atom is 0.254 e. The van der Waals surface area contributed by atoms with Crippen molar-refractivity contribution >= 4 is 15.9 Å². The Balaban J connectivity index is 3.32. The average molecular weight is 353 g/mol. The Kier molecular flexibility index (Phi) is 7.17. The van der Waals surface area contributed by atoms with Gasteiger partial charge in [0.05, 0.1) is 4.90 Å². The molecule has 6 heteroatoms. The molecule has 0 aliphatic heterocycles. The maximum atomic E-state index is 12.8. The van der Waals surface area contributed by atoms with Crippen LogP contribution in [0.4, 0.5) is 0 Å². The Hall–Kier alpha value is -1.66. The highest BCUT2D eigenvalue weighted by Gasteiger charge is 2.24. The fourth-order valence-corrected chi connectivity index (χ4v) is 4.01. The molecule has 0 aromatic heterocycles. The Labute approximate surface area is 146 Å². The molecule has 0 radical (unpaired) electrons. The van der Waals surface area contributed by atoms with Crippen LogP contribution in [-0.4, -0.2) is 49.7 Å². The second-order valence-corrected chi connectivity index (χ2v) is 7.78. The van der Waals surface area contributed by atoms with Gasteiger partial charge in [-0.25, -0.2) is 8.42 Å². The largest absolute Gasteiger partial charge is 0.335 e. The molecule has 0 spiro atoms. The molecule has 0 unspecified atom stereocenters. The van der Waals surface area contributed by atoms with Crippen LogP contribution in [0.15, 0.2) is 35.2 Å². The van der Waals surface area contributed by atoms with Crippen LogP contribution in [0.5, 0.6) is 0 Å². The molecular formula is C18H28N2O3S. The molecule has 0 aliphatic rings. The van der Waals surface area contributed by atoms with Crippen LogP contribution in [-0.2, 0) is 10.0 Å². The second-order valence-electron chi connectivity index (χ2n) is 5.84. The summed E-state index contributed by atoms with van der Waals surface area (Å²) in [6.07, 6.45) is 0. The van der Waals surface area contributed by atoms with E-state index in [1.54, 1.807) is 30.9 Å². The quantitative estimate of drug-likeness (QED) is 0.676. The molecule has 0 heterocycles. The molecule has 1 rings (SSSR count). The number of hydrogen-bond acceptors (Lipinski definition) is 3. The highest BCUT2D eigenvalue weighted by molar-refractivity contribution is 7.89. The highest BCUT2D eigenvalue weighted by atomic mass is 32.2. The lowest BCUT2D eigenvalue weighted by molar-refractivity contribution is 0.0777. The molecule has 0 aliphatic carbocycles. The van der Waals surface area contributed by atoms with Crippen molar-refractivity contribution in [3.63, 3.8) is 0 Å². The monoisotopic (exact) mass is 352 g/mol. The van der Waals surface area contributed by atoms with Gasteiger partial charge in [-0.1, -0.05) is 32.1 Å². The number of sulfonamides is 1. The number of carbonyl (C=O) groups is 1. The summed E-state index contributed by atoms with van der Waals surface area (Å²) in [5.41, 5.74) is 2.07. The number of aryl methyl sites for hydroxylation is 1. The number of amides is 1. The second kappa shape index (κ2) is 8.44. The summed E-state index contributed by atoms with van der Waals surface area (Å²) in [5.74, 6) is -0.172. The summed E-state index contributed by atoms with van der Waals surface area (Å²) in [6.45, 7) is 14.8. The number of hydrogen-bond donors (Lipinski definition) is 0. The van der Waals surface area contributed by atoms with Gasteiger partial charge in [0.25, 0.3) is 5.91 Å². The van der Waals surface area contributed by atoms with Crippen LogP contribution in [0.1, 0.15) is 43.6 Å². The molecule has 0 saturated heterocycles. The Morgan fingerprint density at radius 1 is 1.12 bits per heavy atom. The molecule has 0 N–H and O–H groups in total. The van der Waals surface area contributed by atoms with Gasteiger partial charge in [-0.3, -0.25) is 4.79 Å². The lowest BCUT2D eigenvalue weighted by atomic mass is 10.1. The lowest BCUT2D eigenvalue weighted by Crippen LogP contribution is -2.33. The van der Waals surface area contributed by atoms with E-state index in [0.29, 0.717) is 31.7 Å². The van der Waals surface area contributed by atoms with Crippen molar-refractivity contribution < 1.29 is 13.2 Å². The van der Waals surface area contributed by atoms with E-state index < -0.39 is 10.0 Å². The first-order valence-electron chi connectivity index (χ1n) is 8.23. The van der Waals surface area contributed by atoms with E-state index in [1.807, 2.05) is 20.8 Å². The van der Waals surface area contributed by atoms with Crippen LogP contribution in [0.3, 0.4) is 0 Å². The average Bonchev–Trinajstić information content (AvgIpc) is 2.52. The zero-order valence-corrected chi connectivity index (χ0v) is 16.1. The molecular weight excluding hydrogens is 324 g/mol. The summed E-state index contributed by atoms with van der Waals surface area (Å²) in [7, 11) is -3.58. The minimum absolute atomic E-state index is 0.159. The Bertz CT molecular complexity index is 707. The summed E-state index contributed by atoms with van der Waals surface area (Å²) < 4.78 is 26.8. The van der Waals surface area contributed by atoms with E-state index in [2.05, 4.69) is 6.58 Å². The molecule has 1 aromatic rings. The molecule has 1 amide bonds. The van der Waals surface area contributed by atoms with Crippen LogP contribution in [0.25, 0.3) is 0 Å². The van der Waals surface area contributed by atoms with Gasteiger partial charge in [0.15, 0.2) is 0 Å². The normalized spacial score (nSPS) is 11.6. The minimum Gasteiger partial charge on any atom is -0.335 e. The zero-order chi connectivity index (χ0) is 18.5. The topological polar surface area (TPSA) is 57.7 Å². The van der Waals surface area contributed by atoms with Gasteiger partial charge in [0.1, 0.15) is 0 Å². The van der Waals surface area contributed by atoms with Gasteiger partial charge in [0.2, 0.25) is 10.0 Å². The first-order chi connectivity index (χ1) is 11.2. The third-order valence-electron chi connectivity index (χ3n) is 3.91. The summed E-state index contributed by atoms with van der Waals surface area (Å²) >= 11 is 0. The predicted molar refractivity (Wildman–Crippen MR) is 97.7 cm³/mol. The van der Waals surface area contributed by atoms with E-state index in [9.17, 15) is 13.2 Å². The maximum absolute atomic E-state index is 12.8. The van der Waals surface area contributed by atoms with Crippen molar-refractivity contribution in [2.45, 2.75) is 39.5 Å². The first kappa shape index (κ1) is 20.4. The number of rotatable bonds is 8. The van der Waals surface area contributed by atoms with Gasteiger partial charge in [-0.15, -0.1) is 0 Å². The predicted octanol–water partition coefficient (Wildman–Crippen LogP) is 3.06. The molecule has 0 bridgehead atoms. The van der Waals surface area contributed by atoms with Crippen molar-refractivity contribution in [2.75, 3.05) is 26.2 Å². The van der Waals surface area contributed by atoms with Gasteiger partial charge in [-0.05, 0) is 38.5 Å². The molecule has 0 saturated carbocycles. The smallest absolute Gasteiger partial charge is 0.254 e. The standard InChI is InChI=1S/C18H28N2O3S/c1-7-19(13-14(4)5)18(21)17-12-16(11-10-15(17)6)24(22,23)20(8-2)9-3/h10-12H,4,7-9,13H2,1-3,5-6H3. The van der Waals surface area contributed by atoms with Crippen LogP contribution >= 0.6 is 0 Å². The van der Waals surface area contributed by atoms with Crippen molar-refractivity contribution in [1.82, 2.24) is 9.21 Å². The first-order valence-corrected chi connectivity index (χ1v) is 9.67. The molecule has 134 valence electrons. The highest BCUT2D eigenvalue weighted by Crippen LogP contribution is 2.21. The van der Waals surface area contributed by atoms with E-state index >= 15 is 0 Å². The summed E-state index contributed by atoms with van der Waals surface area (Å²) in [6, 6.07) is 4.75. The summed E-state index contributed by atoms with van der Waals surface area (Å²) in [4.78, 5) is 14.6. The number of carbonyl (C=O) groups excluding carboxylic acids is 1. The van der Waals surface area contributed by atoms with E-state index in [4.69, 9.17) is 0 Å². The SMILES string of the molecule is C=C(C)CN(CC)C(=O)c1cc(S(=O)(=O)N(CC)CC)ccc1C. The van der Waals surface area contributed by atoms with Gasteiger partial charge >= 0.3 is 0 Å². The van der Waals surface area contributed by atoms with Crippen molar-refractivity contribution in [1.29, 1.82) is 0 Å². The van der Waals surface area contributed by atoms with E-state index in [1.165, 1.54) is 10.4 Å². The number of likely N-dealkylation sites (N-methyl/N-ethyl adjacent to an activating group) is 1. The van der Waals surface area contributed by atoms with Gasteiger partial charge < -0.3 is 4.90 Å². The summed E-state index contributed by atoms with van der Waals surface area (Å²) in [5, 5.41) is 0. The fraction of sp³-hybridized carbons (Fsp3) is 0.500. The lowest BCUT2D eigenvalue weighted by Gasteiger charge is -2.23. The molecule has 0 atom stereocenters. The third kappa shape index (κ3) is 4.45. The van der Waals surface area contributed by atoms with Gasteiger partial charge in [-0.2, -0.15) is 4.31 Å². The number of benzene rings is 1. The Morgan fingerprint density at radius 2 is 1.71 bits per heavy atom. The van der Waals surface area contributed by atoms with Crippen LogP contribution < -0.4 is 0 Å². The fourth-order valence-electron chi connectivity index (χ4n) is 2.53.